The first kappa shape index (κ1) is 15.2. The van der Waals surface area contributed by atoms with Gasteiger partial charge in [0.1, 0.15) is 5.82 Å². The van der Waals surface area contributed by atoms with Crippen molar-refractivity contribution in [3.05, 3.63) is 34.6 Å². The number of nitrogens with zero attached hydrogens (tertiary/aromatic N) is 1. The van der Waals surface area contributed by atoms with Gasteiger partial charge < -0.3 is 10.2 Å². The van der Waals surface area contributed by atoms with Gasteiger partial charge in [0.05, 0.1) is 10.6 Å². The van der Waals surface area contributed by atoms with E-state index in [4.69, 9.17) is 11.6 Å². The van der Waals surface area contributed by atoms with E-state index in [1.54, 1.807) is 4.90 Å². The van der Waals surface area contributed by atoms with Crippen LogP contribution in [0.5, 0.6) is 0 Å². The average molecular weight is 293 g/mol. The zero-order chi connectivity index (χ0) is 12.4. The van der Waals surface area contributed by atoms with E-state index in [-0.39, 0.29) is 29.4 Å². The van der Waals surface area contributed by atoms with Crippen LogP contribution in [0.2, 0.25) is 5.02 Å². The second-order valence-corrected chi connectivity index (χ2v) is 4.58. The van der Waals surface area contributed by atoms with Crippen molar-refractivity contribution in [3.63, 3.8) is 0 Å². The molecule has 1 aliphatic heterocycles. The number of carbonyl (C=O) groups excluding carboxylic acids is 1. The minimum absolute atomic E-state index is 0. The van der Waals surface area contributed by atoms with Crippen molar-refractivity contribution >= 4 is 29.9 Å². The first-order valence-corrected chi connectivity index (χ1v) is 5.94. The Morgan fingerprint density at radius 3 is 2.89 bits per heavy atom. The fraction of sp³-hybridized carbons (Fsp3) is 0.417. The first-order chi connectivity index (χ1) is 8.09. The van der Waals surface area contributed by atoms with Gasteiger partial charge in [0.2, 0.25) is 0 Å². The smallest absolute Gasteiger partial charge is 0.255 e. The largest absolute Gasteiger partial charge is 0.333 e. The van der Waals surface area contributed by atoms with E-state index < -0.39 is 5.82 Å². The molecule has 3 nitrogen and oxygen atoms in total. The SMILES string of the molecule is C[C@H]1CNCCN1C(=O)c1ccc(F)cc1Cl.Cl. The van der Waals surface area contributed by atoms with Gasteiger partial charge >= 0.3 is 0 Å². The summed E-state index contributed by atoms with van der Waals surface area (Å²) < 4.78 is 12.9. The molecule has 6 heteroatoms. The molecule has 1 aromatic carbocycles. The third-order valence-corrected chi connectivity index (χ3v) is 3.24. The van der Waals surface area contributed by atoms with Gasteiger partial charge in [0, 0.05) is 25.7 Å². The standard InChI is InChI=1S/C12H14ClFN2O.ClH/c1-8-7-15-4-5-16(8)12(17)10-3-2-9(14)6-11(10)13;/h2-3,6,8,15H,4-5,7H2,1H3;1H/t8-;/m0./s1. The lowest BCUT2D eigenvalue weighted by atomic mass is 10.1. The lowest BCUT2D eigenvalue weighted by Gasteiger charge is -2.34. The molecule has 0 aliphatic carbocycles. The van der Waals surface area contributed by atoms with Crippen LogP contribution in [-0.4, -0.2) is 36.5 Å². The van der Waals surface area contributed by atoms with E-state index in [1.807, 2.05) is 6.92 Å². The Morgan fingerprint density at radius 1 is 1.56 bits per heavy atom. The van der Waals surface area contributed by atoms with Crippen molar-refractivity contribution in [2.45, 2.75) is 13.0 Å². The summed E-state index contributed by atoms with van der Waals surface area (Å²) in [6.45, 7) is 4.16. The number of carbonyl (C=O) groups is 1. The van der Waals surface area contributed by atoms with Crippen LogP contribution >= 0.6 is 24.0 Å². The minimum atomic E-state index is -0.431. The highest BCUT2D eigenvalue weighted by atomic mass is 35.5. The van der Waals surface area contributed by atoms with E-state index in [2.05, 4.69) is 5.32 Å². The Kier molecular flexibility index (Phi) is 5.38. The maximum atomic E-state index is 12.9. The van der Waals surface area contributed by atoms with Crippen LogP contribution in [-0.2, 0) is 0 Å². The number of amides is 1. The predicted octanol–water partition coefficient (Wildman–Crippen LogP) is 2.33. The molecule has 0 saturated carbocycles. The zero-order valence-corrected chi connectivity index (χ0v) is 11.5. The minimum Gasteiger partial charge on any atom is -0.333 e. The molecule has 1 fully saturated rings. The van der Waals surface area contributed by atoms with E-state index in [1.165, 1.54) is 18.2 Å². The van der Waals surface area contributed by atoms with Gasteiger partial charge in [-0.25, -0.2) is 4.39 Å². The van der Waals surface area contributed by atoms with Gasteiger partial charge in [0.15, 0.2) is 0 Å². The third kappa shape index (κ3) is 3.13. The highest BCUT2D eigenvalue weighted by Crippen LogP contribution is 2.20. The summed E-state index contributed by atoms with van der Waals surface area (Å²) in [5.41, 5.74) is 0.363. The number of nitrogens with one attached hydrogen (secondary N) is 1. The van der Waals surface area contributed by atoms with Crippen LogP contribution < -0.4 is 5.32 Å². The molecule has 0 spiro atoms. The summed E-state index contributed by atoms with van der Waals surface area (Å²) in [6, 6.07) is 3.99. The molecule has 0 radical (unpaired) electrons. The molecule has 1 saturated heterocycles. The summed E-state index contributed by atoms with van der Waals surface area (Å²) in [6.07, 6.45) is 0. The fourth-order valence-electron chi connectivity index (χ4n) is 1.96. The second-order valence-electron chi connectivity index (χ2n) is 4.18. The van der Waals surface area contributed by atoms with Crippen LogP contribution in [0.15, 0.2) is 18.2 Å². The Labute approximate surface area is 117 Å². The summed E-state index contributed by atoms with van der Waals surface area (Å²) in [5, 5.41) is 3.38. The van der Waals surface area contributed by atoms with Crippen LogP contribution in [0.3, 0.4) is 0 Å². The van der Waals surface area contributed by atoms with Crippen molar-refractivity contribution in [3.8, 4) is 0 Å². The number of rotatable bonds is 1. The molecule has 0 aromatic heterocycles. The summed E-state index contributed by atoms with van der Waals surface area (Å²) in [5.74, 6) is -0.566. The molecular formula is C12H15Cl2FN2O. The molecule has 2 rings (SSSR count). The van der Waals surface area contributed by atoms with Gasteiger partial charge in [0.25, 0.3) is 5.91 Å². The lowest BCUT2D eigenvalue weighted by Crippen LogP contribution is -2.52. The van der Waals surface area contributed by atoms with Crippen molar-refractivity contribution in [1.82, 2.24) is 10.2 Å². The topological polar surface area (TPSA) is 32.3 Å². The quantitative estimate of drug-likeness (QED) is 0.862. The van der Waals surface area contributed by atoms with Crippen molar-refractivity contribution in [1.29, 1.82) is 0 Å². The molecule has 1 heterocycles. The molecule has 1 N–H and O–H groups in total. The van der Waals surface area contributed by atoms with Crippen molar-refractivity contribution in [2.24, 2.45) is 0 Å². The van der Waals surface area contributed by atoms with Crippen LogP contribution in [0, 0.1) is 5.82 Å². The van der Waals surface area contributed by atoms with E-state index in [9.17, 15) is 9.18 Å². The molecule has 0 unspecified atom stereocenters. The molecule has 1 aliphatic rings. The van der Waals surface area contributed by atoms with Gasteiger partial charge in [-0.05, 0) is 25.1 Å². The number of benzene rings is 1. The van der Waals surface area contributed by atoms with E-state index in [0.717, 1.165) is 13.1 Å². The predicted molar refractivity (Wildman–Crippen MR) is 72.0 cm³/mol. The number of hydrogen-bond donors (Lipinski definition) is 1. The number of piperazine rings is 1. The molecule has 18 heavy (non-hydrogen) atoms. The molecular weight excluding hydrogens is 278 g/mol. The Hall–Kier alpha value is -0.840. The Balaban J connectivity index is 0.00000162. The first-order valence-electron chi connectivity index (χ1n) is 5.56. The van der Waals surface area contributed by atoms with Crippen molar-refractivity contribution in [2.75, 3.05) is 19.6 Å². The highest BCUT2D eigenvalue weighted by Gasteiger charge is 2.25. The average Bonchev–Trinajstić information content (AvgIpc) is 2.29. The van der Waals surface area contributed by atoms with Gasteiger partial charge in [-0.1, -0.05) is 11.6 Å². The van der Waals surface area contributed by atoms with Gasteiger partial charge in [-0.3, -0.25) is 4.79 Å². The molecule has 100 valence electrons. The number of halogens is 3. The summed E-state index contributed by atoms with van der Waals surface area (Å²) in [4.78, 5) is 14.0. The molecule has 1 aromatic rings. The maximum Gasteiger partial charge on any atom is 0.255 e. The normalized spacial score (nSPS) is 19.3. The molecule has 1 amide bonds. The third-order valence-electron chi connectivity index (χ3n) is 2.92. The Morgan fingerprint density at radius 2 is 2.28 bits per heavy atom. The Bertz CT molecular complexity index is 442. The number of hydrogen-bond acceptors (Lipinski definition) is 2. The second kappa shape index (κ2) is 6.36. The van der Waals surface area contributed by atoms with Gasteiger partial charge in [-0.15, -0.1) is 12.4 Å². The van der Waals surface area contributed by atoms with Crippen LogP contribution in [0.1, 0.15) is 17.3 Å². The summed E-state index contributed by atoms with van der Waals surface area (Å²) >= 11 is 5.89. The molecule has 0 bridgehead atoms. The van der Waals surface area contributed by atoms with Crippen LogP contribution in [0.4, 0.5) is 4.39 Å². The monoisotopic (exact) mass is 292 g/mol. The van der Waals surface area contributed by atoms with Crippen molar-refractivity contribution < 1.29 is 9.18 Å². The lowest BCUT2D eigenvalue weighted by molar-refractivity contribution is 0.0656. The molecule has 1 atom stereocenters. The van der Waals surface area contributed by atoms with Gasteiger partial charge in [-0.2, -0.15) is 0 Å². The highest BCUT2D eigenvalue weighted by molar-refractivity contribution is 6.33. The summed E-state index contributed by atoms with van der Waals surface area (Å²) in [7, 11) is 0. The van der Waals surface area contributed by atoms with E-state index >= 15 is 0 Å². The fourth-order valence-corrected chi connectivity index (χ4v) is 2.21. The van der Waals surface area contributed by atoms with Crippen LogP contribution in [0.25, 0.3) is 0 Å². The van der Waals surface area contributed by atoms with E-state index in [0.29, 0.717) is 12.1 Å². The zero-order valence-electron chi connectivity index (χ0n) is 9.95. The maximum absolute atomic E-state index is 12.9.